The number of ether oxygens (including phenoxy) is 3. The van der Waals surface area contributed by atoms with E-state index in [0.29, 0.717) is 13.0 Å². The van der Waals surface area contributed by atoms with Crippen molar-refractivity contribution in [3.05, 3.63) is 0 Å². The molecule has 0 spiro atoms. The Bertz CT molecular complexity index is 545. The van der Waals surface area contributed by atoms with Gasteiger partial charge in [-0.2, -0.15) is 0 Å². The highest BCUT2D eigenvalue weighted by atomic mass is 16.6. The van der Waals surface area contributed by atoms with E-state index in [2.05, 4.69) is 5.32 Å². The second-order valence-electron chi connectivity index (χ2n) is 9.19. The maximum Gasteiger partial charge on any atom is 0.323 e. The van der Waals surface area contributed by atoms with Gasteiger partial charge in [-0.05, 0) is 66.8 Å². The molecule has 0 amide bonds. The number of nitrogens with one attached hydrogen (secondary N) is 1. The highest BCUT2D eigenvalue weighted by Crippen LogP contribution is 2.39. The molecule has 0 aromatic rings. The Balaban J connectivity index is 2.95. The summed E-state index contributed by atoms with van der Waals surface area (Å²) in [6.45, 7) is 11.3. The monoisotopic (exact) mass is 427 g/mol. The summed E-state index contributed by atoms with van der Waals surface area (Å²) in [6.07, 6.45) is 6.06. The maximum absolute atomic E-state index is 13.0. The van der Waals surface area contributed by atoms with E-state index in [1.54, 1.807) is 20.8 Å². The molecule has 1 atom stereocenters. The fraction of sp³-hybridized carbons (Fsp3) is 0.870. The first-order valence-corrected chi connectivity index (χ1v) is 11.4. The standard InChI is InChI=1S/C23H41NO6/c1-7-28-20(26)23(21(27)29-8-2,16-18-12-10-9-11-13-18)14-15-24-17(3)19(25)30-22(4,5)6/h17-18,24H,7-16H2,1-6H3. The molecule has 1 aliphatic carbocycles. The molecule has 0 bridgehead atoms. The molecule has 1 unspecified atom stereocenters. The Morgan fingerprint density at radius 2 is 1.50 bits per heavy atom. The minimum absolute atomic E-state index is 0.201. The van der Waals surface area contributed by atoms with Crippen LogP contribution in [-0.2, 0) is 28.6 Å². The zero-order valence-electron chi connectivity index (χ0n) is 19.7. The van der Waals surface area contributed by atoms with Gasteiger partial charge < -0.3 is 19.5 Å². The first-order valence-electron chi connectivity index (χ1n) is 11.4. The summed E-state index contributed by atoms with van der Waals surface area (Å²) in [6, 6.07) is -0.555. The first-order chi connectivity index (χ1) is 14.1. The van der Waals surface area contributed by atoms with Gasteiger partial charge in [0.2, 0.25) is 0 Å². The lowest BCUT2D eigenvalue weighted by Crippen LogP contribution is -2.47. The second-order valence-corrected chi connectivity index (χ2v) is 9.19. The minimum atomic E-state index is -1.35. The predicted molar refractivity (Wildman–Crippen MR) is 115 cm³/mol. The van der Waals surface area contributed by atoms with Crippen molar-refractivity contribution >= 4 is 17.9 Å². The summed E-state index contributed by atoms with van der Waals surface area (Å²) in [5, 5.41) is 3.10. The zero-order chi connectivity index (χ0) is 22.8. The average Bonchev–Trinajstić information content (AvgIpc) is 2.66. The summed E-state index contributed by atoms with van der Waals surface area (Å²) >= 11 is 0. The smallest absolute Gasteiger partial charge is 0.323 e. The van der Waals surface area contributed by atoms with Crippen molar-refractivity contribution in [2.45, 2.75) is 98.1 Å². The van der Waals surface area contributed by atoms with Crippen LogP contribution in [0.5, 0.6) is 0 Å². The maximum atomic E-state index is 13.0. The molecular formula is C23H41NO6. The number of carbonyl (C=O) groups is 3. The molecule has 1 fully saturated rings. The molecule has 1 rings (SSSR count). The molecule has 1 saturated carbocycles. The number of hydrogen-bond donors (Lipinski definition) is 1. The zero-order valence-corrected chi connectivity index (χ0v) is 19.7. The van der Waals surface area contributed by atoms with Gasteiger partial charge in [0.1, 0.15) is 11.6 Å². The van der Waals surface area contributed by atoms with E-state index in [4.69, 9.17) is 14.2 Å². The molecule has 0 aromatic heterocycles. The molecule has 0 aromatic carbocycles. The average molecular weight is 428 g/mol. The molecule has 0 heterocycles. The van der Waals surface area contributed by atoms with Crippen molar-refractivity contribution in [3.8, 4) is 0 Å². The number of rotatable bonds is 11. The molecule has 1 aliphatic rings. The van der Waals surface area contributed by atoms with Gasteiger partial charge in [0, 0.05) is 0 Å². The van der Waals surface area contributed by atoms with Crippen LogP contribution in [0, 0.1) is 11.3 Å². The van der Waals surface area contributed by atoms with Gasteiger partial charge in [-0.1, -0.05) is 32.1 Å². The molecule has 7 nitrogen and oxygen atoms in total. The van der Waals surface area contributed by atoms with Gasteiger partial charge in [0.25, 0.3) is 0 Å². The highest BCUT2D eigenvalue weighted by molar-refractivity contribution is 6.00. The summed E-state index contributed by atoms with van der Waals surface area (Å²) < 4.78 is 16.0. The summed E-state index contributed by atoms with van der Waals surface area (Å²) in [5.41, 5.74) is -1.93. The Labute approximate surface area is 181 Å². The molecule has 174 valence electrons. The van der Waals surface area contributed by atoms with Crippen LogP contribution in [0.2, 0.25) is 0 Å². The Morgan fingerprint density at radius 1 is 0.967 bits per heavy atom. The fourth-order valence-corrected chi connectivity index (χ4v) is 3.95. The third kappa shape index (κ3) is 8.25. The van der Waals surface area contributed by atoms with E-state index in [1.165, 1.54) is 6.42 Å². The van der Waals surface area contributed by atoms with Crippen molar-refractivity contribution < 1.29 is 28.6 Å². The van der Waals surface area contributed by atoms with E-state index in [-0.39, 0.29) is 31.5 Å². The van der Waals surface area contributed by atoms with E-state index >= 15 is 0 Å². The third-order valence-corrected chi connectivity index (χ3v) is 5.46. The van der Waals surface area contributed by atoms with Crippen molar-refractivity contribution in [1.29, 1.82) is 0 Å². The van der Waals surface area contributed by atoms with Crippen LogP contribution in [0.4, 0.5) is 0 Å². The van der Waals surface area contributed by atoms with Crippen molar-refractivity contribution in [3.63, 3.8) is 0 Å². The number of carbonyl (C=O) groups excluding carboxylic acids is 3. The lowest BCUT2D eigenvalue weighted by atomic mass is 9.72. The van der Waals surface area contributed by atoms with Crippen molar-refractivity contribution in [2.75, 3.05) is 19.8 Å². The van der Waals surface area contributed by atoms with Crippen LogP contribution >= 0.6 is 0 Å². The lowest BCUT2D eigenvalue weighted by molar-refractivity contribution is -0.174. The van der Waals surface area contributed by atoms with E-state index in [9.17, 15) is 14.4 Å². The molecule has 7 heteroatoms. The topological polar surface area (TPSA) is 90.9 Å². The predicted octanol–water partition coefficient (Wildman–Crippen LogP) is 3.78. The van der Waals surface area contributed by atoms with E-state index < -0.39 is 29.0 Å². The summed E-state index contributed by atoms with van der Waals surface area (Å²) in [4.78, 5) is 38.3. The molecule has 0 aliphatic heterocycles. The Morgan fingerprint density at radius 3 is 1.97 bits per heavy atom. The van der Waals surface area contributed by atoms with Gasteiger partial charge in [-0.15, -0.1) is 0 Å². The SMILES string of the molecule is CCOC(=O)C(CCNC(C)C(=O)OC(C)(C)C)(CC1CCCCC1)C(=O)OCC. The van der Waals surface area contributed by atoms with Gasteiger partial charge >= 0.3 is 17.9 Å². The quantitative estimate of drug-likeness (QED) is 0.305. The molecule has 30 heavy (non-hydrogen) atoms. The summed E-state index contributed by atoms with van der Waals surface area (Å²) in [5.74, 6) is -1.13. The van der Waals surface area contributed by atoms with Gasteiger partial charge in [0.15, 0.2) is 5.41 Å². The van der Waals surface area contributed by atoms with Gasteiger partial charge in [-0.3, -0.25) is 14.4 Å². The largest absolute Gasteiger partial charge is 0.465 e. The molecule has 1 N–H and O–H groups in total. The Hall–Kier alpha value is -1.63. The van der Waals surface area contributed by atoms with Gasteiger partial charge in [-0.25, -0.2) is 0 Å². The van der Waals surface area contributed by atoms with Crippen LogP contribution in [0.1, 0.15) is 86.5 Å². The highest BCUT2D eigenvalue weighted by Gasteiger charge is 2.49. The van der Waals surface area contributed by atoms with Crippen LogP contribution in [0.25, 0.3) is 0 Å². The number of hydrogen-bond acceptors (Lipinski definition) is 7. The normalized spacial score (nSPS) is 16.6. The third-order valence-electron chi connectivity index (χ3n) is 5.46. The van der Waals surface area contributed by atoms with Crippen LogP contribution in [0.3, 0.4) is 0 Å². The van der Waals surface area contributed by atoms with Gasteiger partial charge in [0.05, 0.1) is 13.2 Å². The molecule has 0 radical (unpaired) electrons. The first kappa shape index (κ1) is 26.4. The fourth-order valence-electron chi connectivity index (χ4n) is 3.95. The van der Waals surface area contributed by atoms with Crippen molar-refractivity contribution in [2.24, 2.45) is 11.3 Å². The van der Waals surface area contributed by atoms with Crippen LogP contribution in [0.15, 0.2) is 0 Å². The second kappa shape index (κ2) is 12.3. The minimum Gasteiger partial charge on any atom is -0.465 e. The van der Waals surface area contributed by atoms with E-state index in [0.717, 1.165) is 25.7 Å². The number of esters is 3. The molecular weight excluding hydrogens is 386 g/mol. The summed E-state index contributed by atoms with van der Waals surface area (Å²) in [7, 11) is 0. The molecule has 0 saturated heterocycles. The van der Waals surface area contributed by atoms with E-state index in [1.807, 2.05) is 20.8 Å². The lowest BCUT2D eigenvalue weighted by Gasteiger charge is -2.34. The Kier molecular flexibility index (Phi) is 10.8. The van der Waals surface area contributed by atoms with Crippen molar-refractivity contribution in [1.82, 2.24) is 5.32 Å². The van der Waals surface area contributed by atoms with Crippen LogP contribution in [-0.4, -0.2) is 49.3 Å². The van der Waals surface area contributed by atoms with Crippen LogP contribution < -0.4 is 5.32 Å².